The van der Waals surface area contributed by atoms with Crippen LogP contribution in [-0.2, 0) is 4.79 Å². The smallest absolute Gasteiger partial charge is 0.328 e. The average molecular weight is 257 g/mol. The van der Waals surface area contributed by atoms with Crippen molar-refractivity contribution < 1.29 is 19.8 Å². The van der Waals surface area contributed by atoms with E-state index in [1.54, 1.807) is 0 Å². The van der Waals surface area contributed by atoms with Gasteiger partial charge < -0.3 is 20.5 Å². The van der Waals surface area contributed by atoms with Crippen LogP contribution in [0.15, 0.2) is 15.7 Å². The zero-order valence-corrected chi connectivity index (χ0v) is 9.26. The van der Waals surface area contributed by atoms with Gasteiger partial charge in [0.25, 0.3) is 11.5 Å². The molecule has 0 aliphatic rings. The molecule has 0 bridgehead atoms. The Morgan fingerprint density at radius 2 is 1.94 bits per heavy atom. The second-order valence-electron chi connectivity index (χ2n) is 3.53. The fraction of sp³-hybridized carbons (Fsp3) is 0.333. The van der Waals surface area contributed by atoms with Crippen molar-refractivity contribution in [2.75, 3.05) is 0 Å². The molecule has 1 amide bonds. The van der Waals surface area contributed by atoms with Crippen molar-refractivity contribution in [3.8, 4) is 0 Å². The number of aromatic amines is 2. The van der Waals surface area contributed by atoms with Crippen molar-refractivity contribution in [2.24, 2.45) is 0 Å². The third-order valence-corrected chi connectivity index (χ3v) is 2.04. The van der Waals surface area contributed by atoms with E-state index in [0.717, 1.165) is 6.07 Å². The van der Waals surface area contributed by atoms with Gasteiger partial charge in [-0.25, -0.2) is 9.59 Å². The van der Waals surface area contributed by atoms with E-state index in [0.29, 0.717) is 0 Å². The van der Waals surface area contributed by atoms with Crippen molar-refractivity contribution >= 4 is 11.9 Å². The molecule has 98 valence electrons. The van der Waals surface area contributed by atoms with Crippen LogP contribution >= 0.6 is 0 Å². The quantitative estimate of drug-likeness (QED) is 0.406. The highest BCUT2D eigenvalue weighted by Crippen LogP contribution is 1.95. The van der Waals surface area contributed by atoms with Gasteiger partial charge in [0, 0.05) is 6.07 Å². The predicted octanol–water partition coefficient (Wildman–Crippen LogP) is -2.37. The van der Waals surface area contributed by atoms with E-state index >= 15 is 0 Å². The van der Waals surface area contributed by atoms with E-state index in [2.05, 4.69) is 0 Å². The highest BCUT2D eigenvalue weighted by Gasteiger charge is 2.25. The lowest BCUT2D eigenvalue weighted by atomic mass is 10.2. The fourth-order valence-corrected chi connectivity index (χ4v) is 1.20. The number of H-pyrrole nitrogens is 2. The Morgan fingerprint density at radius 3 is 2.39 bits per heavy atom. The van der Waals surface area contributed by atoms with Crippen LogP contribution in [0.5, 0.6) is 0 Å². The number of hydrogen-bond donors (Lipinski definition) is 5. The van der Waals surface area contributed by atoms with Crippen molar-refractivity contribution in [1.29, 1.82) is 0 Å². The number of carbonyl (C=O) groups excluding carboxylic acids is 1. The predicted molar refractivity (Wildman–Crippen MR) is 58.3 cm³/mol. The number of aliphatic hydroxyl groups excluding tert-OH is 1. The van der Waals surface area contributed by atoms with Crippen LogP contribution in [0.2, 0.25) is 0 Å². The largest absolute Gasteiger partial charge is 0.480 e. The second-order valence-corrected chi connectivity index (χ2v) is 3.53. The van der Waals surface area contributed by atoms with E-state index in [4.69, 9.17) is 10.2 Å². The van der Waals surface area contributed by atoms with Crippen molar-refractivity contribution in [3.05, 3.63) is 32.6 Å². The van der Waals surface area contributed by atoms with Crippen LogP contribution in [0.1, 0.15) is 17.4 Å². The van der Waals surface area contributed by atoms with Crippen molar-refractivity contribution in [3.63, 3.8) is 0 Å². The maximum absolute atomic E-state index is 11.6. The van der Waals surface area contributed by atoms with Gasteiger partial charge in [-0.2, -0.15) is 0 Å². The first-order chi connectivity index (χ1) is 8.31. The molecule has 1 aromatic rings. The van der Waals surface area contributed by atoms with Gasteiger partial charge in [-0.1, -0.05) is 0 Å². The monoisotopic (exact) mass is 257 g/mol. The molecule has 0 saturated carbocycles. The lowest BCUT2D eigenvalue weighted by molar-refractivity contribution is -0.141. The molecule has 0 aromatic carbocycles. The summed E-state index contributed by atoms with van der Waals surface area (Å²) in [4.78, 5) is 48.0. The van der Waals surface area contributed by atoms with E-state index in [9.17, 15) is 19.2 Å². The molecule has 9 heteroatoms. The topological polar surface area (TPSA) is 152 Å². The lowest BCUT2D eigenvalue weighted by Crippen LogP contribution is -2.48. The summed E-state index contributed by atoms with van der Waals surface area (Å²) in [6.07, 6.45) is -1.33. The van der Waals surface area contributed by atoms with Gasteiger partial charge in [0.05, 0.1) is 6.10 Å². The Balaban J connectivity index is 2.97. The molecule has 2 atom stereocenters. The molecule has 0 saturated heterocycles. The summed E-state index contributed by atoms with van der Waals surface area (Å²) in [6, 6.07) is -0.738. The standard InChI is InChI=1S/C9H11N3O6/c1-3(13)6(8(16)17)12-7(15)4-2-5(14)11-9(18)10-4/h2-3,6,13H,1H3,(H,12,15)(H,16,17)(H2,10,11,14,18). The molecule has 9 nitrogen and oxygen atoms in total. The third kappa shape index (κ3) is 3.28. The van der Waals surface area contributed by atoms with Crippen molar-refractivity contribution in [1.82, 2.24) is 15.3 Å². The minimum atomic E-state index is -1.54. The summed E-state index contributed by atoms with van der Waals surface area (Å²) in [5, 5.41) is 19.9. The summed E-state index contributed by atoms with van der Waals surface area (Å²) in [7, 11) is 0. The van der Waals surface area contributed by atoms with Crippen LogP contribution in [-0.4, -0.2) is 44.2 Å². The second kappa shape index (κ2) is 5.27. The molecule has 1 aromatic heterocycles. The number of hydrogen-bond acceptors (Lipinski definition) is 5. The first-order valence-electron chi connectivity index (χ1n) is 4.86. The summed E-state index contributed by atoms with van der Waals surface area (Å²) in [5.74, 6) is -2.42. The first kappa shape index (κ1) is 13.6. The molecule has 1 heterocycles. The maximum Gasteiger partial charge on any atom is 0.328 e. The van der Waals surface area contributed by atoms with E-state index < -0.39 is 41.0 Å². The van der Waals surface area contributed by atoms with E-state index in [1.165, 1.54) is 6.92 Å². The Kier molecular flexibility index (Phi) is 4.00. The fourth-order valence-electron chi connectivity index (χ4n) is 1.20. The molecular weight excluding hydrogens is 246 g/mol. The van der Waals surface area contributed by atoms with E-state index in [1.807, 2.05) is 15.3 Å². The number of aliphatic carboxylic acids is 1. The summed E-state index contributed by atoms with van der Waals surface area (Å²) in [5.41, 5.74) is -2.08. The number of aromatic nitrogens is 2. The molecule has 5 N–H and O–H groups in total. The molecule has 18 heavy (non-hydrogen) atoms. The van der Waals surface area contributed by atoms with Gasteiger partial charge in [-0.3, -0.25) is 14.6 Å². The molecule has 0 radical (unpaired) electrons. The molecule has 2 unspecified atom stereocenters. The highest BCUT2D eigenvalue weighted by molar-refractivity contribution is 5.94. The zero-order valence-electron chi connectivity index (χ0n) is 9.26. The molecule has 0 aliphatic heterocycles. The van der Waals surface area contributed by atoms with Crippen LogP contribution in [0.25, 0.3) is 0 Å². The number of carbonyl (C=O) groups is 2. The number of aliphatic hydroxyl groups is 1. The normalized spacial score (nSPS) is 13.7. The summed E-state index contributed by atoms with van der Waals surface area (Å²) < 4.78 is 0. The van der Waals surface area contributed by atoms with Crippen LogP contribution < -0.4 is 16.6 Å². The highest BCUT2D eigenvalue weighted by atomic mass is 16.4. The molecule has 1 rings (SSSR count). The number of amides is 1. The summed E-state index contributed by atoms with van der Waals surface area (Å²) >= 11 is 0. The average Bonchev–Trinajstić information content (AvgIpc) is 2.23. The molecule has 0 aliphatic carbocycles. The van der Waals surface area contributed by atoms with Gasteiger partial charge in [-0.05, 0) is 6.92 Å². The lowest BCUT2D eigenvalue weighted by Gasteiger charge is -2.16. The Labute approximate surface area is 99.5 Å². The Hall–Kier alpha value is -2.42. The first-order valence-corrected chi connectivity index (χ1v) is 4.86. The number of rotatable bonds is 4. The molecule has 0 fully saturated rings. The summed E-state index contributed by atoms with van der Waals surface area (Å²) in [6.45, 7) is 1.18. The number of carboxylic acids is 1. The van der Waals surface area contributed by atoms with E-state index in [-0.39, 0.29) is 0 Å². The molecule has 0 spiro atoms. The Bertz CT molecular complexity index is 544. The third-order valence-electron chi connectivity index (χ3n) is 2.04. The zero-order chi connectivity index (χ0) is 13.9. The Morgan fingerprint density at radius 1 is 1.33 bits per heavy atom. The maximum atomic E-state index is 11.6. The SMILES string of the molecule is CC(O)C(NC(=O)c1cc(=O)[nH]c(=O)[nH]1)C(=O)O. The minimum Gasteiger partial charge on any atom is -0.480 e. The van der Waals surface area contributed by atoms with Gasteiger partial charge in [0.2, 0.25) is 0 Å². The van der Waals surface area contributed by atoms with Crippen LogP contribution in [0.4, 0.5) is 0 Å². The van der Waals surface area contributed by atoms with Gasteiger partial charge >= 0.3 is 11.7 Å². The van der Waals surface area contributed by atoms with Gasteiger partial charge in [0.15, 0.2) is 6.04 Å². The van der Waals surface area contributed by atoms with Gasteiger partial charge in [-0.15, -0.1) is 0 Å². The number of carboxylic acid groups (broad SMARTS) is 1. The molecular formula is C9H11N3O6. The number of nitrogens with one attached hydrogen (secondary N) is 3. The van der Waals surface area contributed by atoms with Crippen molar-refractivity contribution in [2.45, 2.75) is 19.1 Å². The van der Waals surface area contributed by atoms with Crippen LogP contribution in [0, 0.1) is 0 Å². The van der Waals surface area contributed by atoms with Gasteiger partial charge in [0.1, 0.15) is 5.69 Å². The minimum absolute atomic E-state index is 0.393. The van der Waals surface area contributed by atoms with Crippen LogP contribution in [0.3, 0.4) is 0 Å².